The van der Waals surface area contributed by atoms with E-state index in [-0.39, 0.29) is 30.8 Å². The molecule has 1 N–H and O–H groups in total. The van der Waals surface area contributed by atoms with E-state index in [1.165, 1.54) is 12.0 Å². The average molecular weight is 790 g/mol. The molecule has 3 aliphatic heterocycles. The van der Waals surface area contributed by atoms with Gasteiger partial charge in [-0.15, -0.1) is 0 Å². The number of benzene rings is 2. The quantitative estimate of drug-likeness (QED) is 0.150. The molecule has 2 saturated heterocycles. The van der Waals surface area contributed by atoms with Crippen LogP contribution in [0.5, 0.6) is 5.75 Å². The number of carbonyl (C=O) groups excluding carboxylic acids is 7. The summed E-state index contributed by atoms with van der Waals surface area (Å²) in [6.07, 6.45) is 0.534. The third-order valence-corrected chi connectivity index (χ3v) is 11.2. The summed E-state index contributed by atoms with van der Waals surface area (Å²) in [4.78, 5) is 93.3. The third-order valence-electron chi connectivity index (χ3n) is 11.2. The number of ether oxygens (including phenoxy) is 5. The van der Waals surface area contributed by atoms with Gasteiger partial charge in [-0.3, -0.25) is 24.2 Å². The molecule has 2 fully saturated rings. The van der Waals surface area contributed by atoms with Crippen LogP contribution < -0.4 is 10.1 Å². The molecular formula is C42H51N3O12. The number of amides is 2. The van der Waals surface area contributed by atoms with Crippen molar-refractivity contribution in [2.75, 3.05) is 20.3 Å². The lowest BCUT2D eigenvalue weighted by Gasteiger charge is -2.35. The number of ketones is 2. The van der Waals surface area contributed by atoms with Crippen molar-refractivity contribution in [3.63, 3.8) is 0 Å². The van der Waals surface area contributed by atoms with Crippen molar-refractivity contribution >= 4 is 42.0 Å². The first-order valence-corrected chi connectivity index (χ1v) is 19.4. The Morgan fingerprint density at radius 3 is 2.42 bits per heavy atom. The Morgan fingerprint density at radius 1 is 0.965 bits per heavy atom. The molecular weight excluding hydrogens is 738 g/mol. The molecule has 6 rings (SSSR count). The number of esters is 2. The van der Waals surface area contributed by atoms with Crippen molar-refractivity contribution in [3.05, 3.63) is 52.6 Å². The molecule has 2 unspecified atom stereocenters. The highest BCUT2D eigenvalue weighted by atomic mass is 16.6. The smallest absolute Gasteiger partial charge is 0.411 e. The van der Waals surface area contributed by atoms with Gasteiger partial charge in [0.15, 0.2) is 18.5 Å². The standard InChI is InChI=1S/C42H51N3O12/c1-22-14-33(44(18-22)41(52)57-42(4,5)6)39(50)56-35-13-10-25-16-30-28-11-9-26(15-27(28)20-54-36(30)17-29(25)37(35)48)34(47)21-55-38(49)32-12-8-23(2)45(32)24(3)31(19-46)43-40(51)53-7/h9,11,15-17,19,22-24,31-33,35H,8,10,12-14,18,20-21H2,1-7H3,(H,43,51)/t22-,23-,24?,31+,32-,33-,35?/m0/s1. The highest BCUT2D eigenvalue weighted by molar-refractivity contribution is 6.04. The molecule has 306 valence electrons. The van der Waals surface area contributed by atoms with Crippen LogP contribution >= 0.6 is 0 Å². The summed E-state index contributed by atoms with van der Waals surface area (Å²) >= 11 is 0. The van der Waals surface area contributed by atoms with E-state index >= 15 is 0 Å². The van der Waals surface area contributed by atoms with Gasteiger partial charge in [-0.1, -0.05) is 19.1 Å². The number of hydrogen-bond donors (Lipinski definition) is 1. The first-order chi connectivity index (χ1) is 27.0. The molecule has 2 amide bonds. The van der Waals surface area contributed by atoms with Crippen LogP contribution in [0.2, 0.25) is 0 Å². The highest BCUT2D eigenvalue weighted by Crippen LogP contribution is 2.42. The summed E-state index contributed by atoms with van der Waals surface area (Å²) in [6, 6.07) is 5.67. The van der Waals surface area contributed by atoms with Crippen LogP contribution in [0.4, 0.5) is 9.59 Å². The van der Waals surface area contributed by atoms with Crippen LogP contribution in [-0.4, -0.2) is 114 Å². The normalized spacial score (nSPS) is 23.8. The number of nitrogens with one attached hydrogen (secondary N) is 1. The van der Waals surface area contributed by atoms with E-state index in [9.17, 15) is 33.6 Å². The number of fused-ring (bicyclic) bond motifs is 4. The van der Waals surface area contributed by atoms with E-state index in [2.05, 4.69) is 10.1 Å². The summed E-state index contributed by atoms with van der Waals surface area (Å²) in [7, 11) is 1.20. The number of likely N-dealkylation sites (tertiary alicyclic amines) is 2. The van der Waals surface area contributed by atoms with E-state index in [1.54, 1.807) is 45.9 Å². The molecule has 0 radical (unpaired) electrons. The Bertz CT molecular complexity index is 1960. The minimum absolute atomic E-state index is 0.0619. The first-order valence-electron chi connectivity index (χ1n) is 19.4. The predicted octanol–water partition coefficient (Wildman–Crippen LogP) is 4.82. The molecule has 0 aromatic heterocycles. The average Bonchev–Trinajstić information content (AvgIpc) is 3.77. The van der Waals surface area contributed by atoms with Gasteiger partial charge in [0, 0.05) is 35.3 Å². The Kier molecular flexibility index (Phi) is 12.1. The molecule has 0 saturated carbocycles. The number of carbonyl (C=O) groups is 7. The predicted molar refractivity (Wildman–Crippen MR) is 204 cm³/mol. The van der Waals surface area contributed by atoms with Crippen molar-refractivity contribution in [2.45, 2.75) is 122 Å². The van der Waals surface area contributed by atoms with Gasteiger partial charge < -0.3 is 33.8 Å². The second kappa shape index (κ2) is 16.7. The van der Waals surface area contributed by atoms with Gasteiger partial charge in [-0.05, 0) is 108 Å². The Morgan fingerprint density at radius 2 is 1.72 bits per heavy atom. The SMILES string of the molecule is COC(=O)N[C@H](C=O)C(C)N1[C@@H](C)CC[C@H]1C(=O)OCC(=O)c1ccc2c(c1)COc1cc3c(cc1-2)CCC(OC(=O)[C@@H]1C[C@H](C)CN1C(=O)OC(C)(C)C)C3=O. The lowest BCUT2D eigenvalue weighted by Crippen LogP contribution is -2.56. The van der Waals surface area contributed by atoms with Crippen molar-refractivity contribution in [1.29, 1.82) is 0 Å². The molecule has 4 aliphatic rings. The zero-order valence-electron chi connectivity index (χ0n) is 33.5. The summed E-state index contributed by atoms with van der Waals surface area (Å²) in [5.41, 5.74) is 3.14. The lowest BCUT2D eigenvalue weighted by atomic mass is 9.84. The fourth-order valence-electron chi connectivity index (χ4n) is 8.30. The number of alkyl carbamates (subject to hydrolysis) is 1. The van der Waals surface area contributed by atoms with Crippen molar-refractivity contribution in [3.8, 4) is 16.9 Å². The molecule has 7 atom stereocenters. The lowest BCUT2D eigenvalue weighted by molar-refractivity contribution is -0.152. The van der Waals surface area contributed by atoms with Gasteiger partial charge in [0.05, 0.1) is 7.11 Å². The van der Waals surface area contributed by atoms with Crippen LogP contribution in [0.3, 0.4) is 0 Å². The molecule has 2 aromatic rings. The number of hydrogen-bond acceptors (Lipinski definition) is 13. The first kappa shape index (κ1) is 41.3. The summed E-state index contributed by atoms with van der Waals surface area (Å²) in [5.74, 6) is -1.41. The van der Waals surface area contributed by atoms with E-state index in [4.69, 9.17) is 18.9 Å². The fraction of sp³-hybridized carbons (Fsp3) is 0.548. The minimum Gasteiger partial charge on any atom is -0.488 e. The molecule has 3 heterocycles. The van der Waals surface area contributed by atoms with Crippen LogP contribution in [0.25, 0.3) is 11.1 Å². The van der Waals surface area contributed by atoms with Crippen LogP contribution in [0.15, 0.2) is 30.3 Å². The largest absolute Gasteiger partial charge is 0.488 e. The zero-order chi connectivity index (χ0) is 41.3. The molecule has 2 aromatic carbocycles. The number of Topliss-reactive ketones (excluding diaryl/α,β-unsaturated/α-hetero) is 2. The number of nitrogens with zero attached hydrogens (tertiary/aromatic N) is 2. The molecule has 0 bridgehead atoms. The molecule has 1 aliphatic carbocycles. The van der Waals surface area contributed by atoms with E-state index in [0.717, 1.165) is 22.3 Å². The highest BCUT2D eigenvalue weighted by Gasteiger charge is 2.44. The van der Waals surface area contributed by atoms with Gasteiger partial charge in [0.1, 0.15) is 42.4 Å². The van der Waals surface area contributed by atoms with E-state index < -0.39 is 72.4 Å². The fourth-order valence-corrected chi connectivity index (χ4v) is 8.30. The molecule has 0 spiro atoms. The zero-order valence-corrected chi connectivity index (χ0v) is 33.5. The number of aldehydes is 1. The van der Waals surface area contributed by atoms with Crippen molar-refractivity contribution in [2.24, 2.45) is 5.92 Å². The third kappa shape index (κ3) is 8.83. The number of rotatable bonds is 10. The van der Waals surface area contributed by atoms with E-state index in [1.807, 2.05) is 30.9 Å². The monoisotopic (exact) mass is 789 g/mol. The van der Waals surface area contributed by atoms with Crippen LogP contribution in [0, 0.1) is 5.92 Å². The Balaban J connectivity index is 1.09. The van der Waals surface area contributed by atoms with Crippen molar-refractivity contribution in [1.82, 2.24) is 15.1 Å². The maximum atomic E-state index is 13.7. The van der Waals surface area contributed by atoms with Gasteiger partial charge >= 0.3 is 24.1 Å². The second-order valence-electron chi connectivity index (χ2n) is 16.4. The van der Waals surface area contributed by atoms with E-state index in [0.29, 0.717) is 55.4 Å². The molecule has 15 nitrogen and oxygen atoms in total. The molecule has 15 heteroatoms. The number of aryl methyl sites for hydroxylation is 1. The summed E-state index contributed by atoms with van der Waals surface area (Å²) in [5, 5.41) is 2.49. The number of methoxy groups -OCH3 is 1. The maximum absolute atomic E-state index is 13.7. The Labute approximate surface area is 331 Å². The van der Waals surface area contributed by atoms with Crippen LogP contribution in [0.1, 0.15) is 99.1 Å². The van der Waals surface area contributed by atoms with Gasteiger partial charge in [-0.2, -0.15) is 0 Å². The van der Waals surface area contributed by atoms with Gasteiger partial charge in [0.2, 0.25) is 5.78 Å². The van der Waals surface area contributed by atoms with Gasteiger partial charge in [0.25, 0.3) is 0 Å². The van der Waals surface area contributed by atoms with Crippen LogP contribution in [-0.2, 0) is 46.4 Å². The maximum Gasteiger partial charge on any atom is 0.411 e. The summed E-state index contributed by atoms with van der Waals surface area (Å²) < 4.78 is 27.5. The second-order valence-corrected chi connectivity index (χ2v) is 16.4. The summed E-state index contributed by atoms with van der Waals surface area (Å²) in [6.45, 7) is 10.9. The van der Waals surface area contributed by atoms with Crippen molar-refractivity contribution < 1.29 is 57.2 Å². The minimum atomic E-state index is -1.00. The molecule has 57 heavy (non-hydrogen) atoms. The Hall–Kier alpha value is -5.31. The topological polar surface area (TPSA) is 184 Å². The van der Waals surface area contributed by atoms with Gasteiger partial charge in [-0.25, -0.2) is 14.4 Å².